The molecule has 2 rings (SSSR count). The van der Waals surface area contributed by atoms with Crippen LogP contribution in [0.3, 0.4) is 0 Å². The van der Waals surface area contributed by atoms with Crippen molar-refractivity contribution in [3.8, 4) is 0 Å². The number of carbonyl (C=O) groups is 1. The molecule has 86 valence electrons. The number of hydrogen-bond donors (Lipinski definition) is 0. The van der Waals surface area contributed by atoms with Crippen LogP contribution in [0.15, 0.2) is 0 Å². The van der Waals surface area contributed by atoms with Crippen molar-refractivity contribution in [2.75, 3.05) is 0 Å². The first kappa shape index (κ1) is 10.9. The highest BCUT2D eigenvalue weighted by Gasteiger charge is 2.25. The number of esters is 1. The van der Waals surface area contributed by atoms with Crippen LogP contribution >= 0.6 is 0 Å². The first-order chi connectivity index (χ1) is 7.24. The van der Waals surface area contributed by atoms with Gasteiger partial charge in [0, 0.05) is 6.42 Å². The van der Waals surface area contributed by atoms with Crippen LogP contribution in [0.1, 0.15) is 51.9 Å². The van der Waals surface area contributed by atoms with Crippen LogP contribution in [0, 0.1) is 0 Å². The molecule has 0 amide bonds. The largest absolute Gasteiger partial charge is 0.462 e. The van der Waals surface area contributed by atoms with E-state index >= 15 is 0 Å². The van der Waals surface area contributed by atoms with Crippen LogP contribution in [0.4, 0.5) is 0 Å². The van der Waals surface area contributed by atoms with Crippen molar-refractivity contribution >= 4 is 5.97 Å². The highest BCUT2D eigenvalue weighted by atomic mass is 16.5. The molecule has 0 spiro atoms. The van der Waals surface area contributed by atoms with Crippen molar-refractivity contribution in [1.29, 1.82) is 0 Å². The maximum absolute atomic E-state index is 11.1. The van der Waals surface area contributed by atoms with Gasteiger partial charge in [-0.25, -0.2) is 0 Å². The zero-order valence-electron chi connectivity index (χ0n) is 9.41. The Labute approximate surface area is 91.1 Å². The summed E-state index contributed by atoms with van der Waals surface area (Å²) in [5.74, 6) is -0.0213. The molecule has 2 saturated heterocycles. The summed E-state index contributed by atoms with van der Waals surface area (Å²) >= 11 is 0. The highest BCUT2D eigenvalue weighted by molar-refractivity contribution is 5.70. The molecule has 3 unspecified atom stereocenters. The summed E-state index contributed by atoms with van der Waals surface area (Å²) in [5, 5.41) is 0. The second-order valence-electron chi connectivity index (χ2n) is 4.73. The molecule has 3 atom stereocenters. The van der Waals surface area contributed by atoms with Gasteiger partial charge in [0.15, 0.2) is 0 Å². The van der Waals surface area contributed by atoms with Gasteiger partial charge in [0.25, 0.3) is 0 Å². The molecule has 0 aromatic carbocycles. The predicted molar refractivity (Wildman–Crippen MR) is 56.5 cm³/mol. The molecular formula is C12H20O3. The van der Waals surface area contributed by atoms with E-state index in [1.54, 1.807) is 0 Å². The first-order valence-corrected chi connectivity index (χ1v) is 6.09. The Morgan fingerprint density at radius 1 is 1.20 bits per heavy atom. The Morgan fingerprint density at radius 3 is 2.67 bits per heavy atom. The summed E-state index contributed by atoms with van der Waals surface area (Å²) < 4.78 is 11.0. The van der Waals surface area contributed by atoms with Crippen LogP contribution in [0.5, 0.6) is 0 Å². The van der Waals surface area contributed by atoms with E-state index < -0.39 is 0 Å². The maximum atomic E-state index is 11.1. The quantitative estimate of drug-likeness (QED) is 0.674. The van der Waals surface area contributed by atoms with E-state index in [9.17, 15) is 4.79 Å². The fourth-order valence-corrected chi connectivity index (χ4v) is 2.45. The van der Waals surface area contributed by atoms with Gasteiger partial charge in [-0.15, -0.1) is 0 Å². The molecule has 0 aromatic heterocycles. The van der Waals surface area contributed by atoms with Gasteiger partial charge in [-0.3, -0.25) is 4.79 Å². The van der Waals surface area contributed by atoms with E-state index in [4.69, 9.17) is 9.47 Å². The Balaban J connectivity index is 1.66. The smallest absolute Gasteiger partial charge is 0.306 e. The minimum absolute atomic E-state index is 0.0213. The summed E-state index contributed by atoms with van der Waals surface area (Å²) in [6.07, 6.45) is 7.98. The molecule has 0 N–H and O–H groups in total. The molecule has 0 bridgehead atoms. The maximum Gasteiger partial charge on any atom is 0.306 e. The lowest BCUT2D eigenvalue weighted by Gasteiger charge is -2.23. The first-order valence-electron chi connectivity index (χ1n) is 6.09. The third-order valence-electron chi connectivity index (χ3n) is 3.34. The van der Waals surface area contributed by atoms with Crippen molar-refractivity contribution in [3.05, 3.63) is 0 Å². The van der Waals surface area contributed by atoms with Gasteiger partial charge in [-0.05, 0) is 45.4 Å². The molecule has 2 heterocycles. The molecule has 3 nitrogen and oxygen atoms in total. The third-order valence-corrected chi connectivity index (χ3v) is 3.34. The van der Waals surface area contributed by atoms with Gasteiger partial charge < -0.3 is 9.47 Å². The lowest BCUT2D eigenvalue weighted by molar-refractivity contribution is -0.154. The number of hydrogen-bond acceptors (Lipinski definition) is 3. The van der Waals surface area contributed by atoms with Crippen LogP contribution in [-0.2, 0) is 14.3 Å². The van der Waals surface area contributed by atoms with E-state index in [0.29, 0.717) is 18.6 Å². The lowest BCUT2D eigenvalue weighted by atomic mass is 10.0. The van der Waals surface area contributed by atoms with Crippen molar-refractivity contribution in [1.82, 2.24) is 0 Å². The minimum atomic E-state index is -0.0213. The molecule has 0 saturated carbocycles. The standard InChI is InChI=1S/C12H20O3/c1-9-5-6-11(14-9)8-7-10-3-2-4-12(13)15-10/h9-11H,2-8H2,1H3. The van der Waals surface area contributed by atoms with Gasteiger partial charge in [0.2, 0.25) is 0 Å². The summed E-state index contributed by atoms with van der Waals surface area (Å²) in [6.45, 7) is 2.13. The fraction of sp³-hybridized carbons (Fsp3) is 0.917. The molecule has 2 aliphatic heterocycles. The number of rotatable bonds is 3. The van der Waals surface area contributed by atoms with Crippen LogP contribution in [-0.4, -0.2) is 24.3 Å². The zero-order chi connectivity index (χ0) is 10.7. The monoisotopic (exact) mass is 212 g/mol. The average molecular weight is 212 g/mol. The predicted octanol–water partition coefficient (Wildman–Crippen LogP) is 2.43. The molecular weight excluding hydrogens is 192 g/mol. The van der Waals surface area contributed by atoms with Gasteiger partial charge in [-0.2, -0.15) is 0 Å². The molecule has 15 heavy (non-hydrogen) atoms. The van der Waals surface area contributed by atoms with Gasteiger partial charge in [0.1, 0.15) is 6.10 Å². The van der Waals surface area contributed by atoms with Crippen LogP contribution in [0.25, 0.3) is 0 Å². The van der Waals surface area contributed by atoms with E-state index in [2.05, 4.69) is 6.92 Å². The van der Waals surface area contributed by atoms with E-state index in [1.165, 1.54) is 12.8 Å². The Kier molecular flexibility index (Phi) is 3.62. The number of carbonyl (C=O) groups excluding carboxylic acids is 1. The van der Waals surface area contributed by atoms with Crippen molar-refractivity contribution in [2.24, 2.45) is 0 Å². The van der Waals surface area contributed by atoms with Gasteiger partial charge >= 0.3 is 5.97 Å². The molecule has 3 heteroatoms. The second-order valence-corrected chi connectivity index (χ2v) is 4.73. The second kappa shape index (κ2) is 4.97. The Bertz CT molecular complexity index is 227. The molecule has 0 aromatic rings. The van der Waals surface area contributed by atoms with E-state index in [1.807, 2.05) is 0 Å². The fourth-order valence-electron chi connectivity index (χ4n) is 2.45. The Hall–Kier alpha value is -0.570. The van der Waals surface area contributed by atoms with Crippen LogP contribution < -0.4 is 0 Å². The molecule has 0 radical (unpaired) electrons. The normalized spacial score (nSPS) is 36.6. The van der Waals surface area contributed by atoms with Gasteiger partial charge in [0.05, 0.1) is 12.2 Å². The molecule has 2 aliphatic rings. The molecule has 2 fully saturated rings. The zero-order valence-corrected chi connectivity index (χ0v) is 9.41. The molecule has 0 aliphatic carbocycles. The van der Waals surface area contributed by atoms with Gasteiger partial charge in [-0.1, -0.05) is 0 Å². The van der Waals surface area contributed by atoms with Crippen molar-refractivity contribution in [2.45, 2.75) is 70.2 Å². The topological polar surface area (TPSA) is 35.5 Å². The minimum Gasteiger partial charge on any atom is -0.462 e. The number of cyclic esters (lactones) is 1. The lowest BCUT2D eigenvalue weighted by Crippen LogP contribution is -2.24. The van der Waals surface area contributed by atoms with Crippen molar-refractivity contribution < 1.29 is 14.3 Å². The van der Waals surface area contributed by atoms with Crippen LogP contribution in [0.2, 0.25) is 0 Å². The third kappa shape index (κ3) is 3.20. The Morgan fingerprint density at radius 2 is 2.00 bits per heavy atom. The summed E-state index contributed by atoms with van der Waals surface area (Å²) in [5.41, 5.74) is 0. The summed E-state index contributed by atoms with van der Waals surface area (Å²) in [4.78, 5) is 11.1. The summed E-state index contributed by atoms with van der Waals surface area (Å²) in [6, 6.07) is 0. The van der Waals surface area contributed by atoms with Crippen molar-refractivity contribution in [3.63, 3.8) is 0 Å². The van der Waals surface area contributed by atoms with E-state index in [-0.39, 0.29) is 12.1 Å². The highest BCUT2D eigenvalue weighted by Crippen LogP contribution is 2.25. The van der Waals surface area contributed by atoms with E-state index in [0.717, 1.165) is 25.7 Å². The number of ether oxygens (including phenoxy) is 2. The summed E-state index contributed by atoms with van der Waals surface area (Å²) in [7, 11) is 0. The average Bonchev–Trinajstić information content (AvgIpc) is 2.62. The SMILES string of the molecule is CC1CCC(CCC2CCCC(=O)O2)O1.